The third kappa shape index (κ3) is 3.57. The van der Waals surface area contributed by atoms with E-state index in [-0.39, 0.29) is 17.1 Å². The summed E-state index contributed by atoms with van der Waals surface area (Å²) in [5.41, 5.74) is 3.46. The number of aromatic nitrogens is 2. The molecular weight excluding hydrogens is 454 g/mol. The van der Waals surface area contributed by atoms with Crippen molar-refractivity contribution < 1.29 is 9.21 Å². The van der Waals surface area contributed by atoms with Crippen LogP contribution in [0.2, 0.25) is 0 Å². The summed E-state index contributed by atoms with van der Waals surface area (Å²) in [4.78, 5) is 30.1. The minimum absolute atomic E-state index is 0.0851. The Morgan fingerprint density at radius 1 is 1.09 bits per heavy atom. The molecule has 5 rings (SSSR count). The molecule has 1 unspecified atom stereocenters. The second-order valence-electron chi connectivity index (χ2n) is 8.19. The molecule has 0 bridgehead atoms. The van der Waals surface area contributed by atoms with Crippen LogP contribution in [0.1, 0.15) is 57.2 Å². The zero-order chi connectivity index (χ0) is 23.3. The maximum Gasteiger partial charge on any atom is 0.297 e. The molecule has 33 heavy (non-hydrogen) atoms. The van der Waals surface area contributed by atoms with Gasteiger partial charge in [0.2, 0.25) is 10.9 Å². The van der Waals surface area contributed by atoms with E-state index >= 15 is 0 Å². The van der Waals surface area contributed by atoms with E-state index in [4.69, 9.17) is 4.42 Å². The number of fused-ring (bicyclic) bond motifs is 2. The lowest BCUT2D eigenvalue weighted by Gasteiger charge is -2.22. The van der Waals surface area contributed by atoms with Gasteiger partial charge in [-0.15, -0.1) is 22.0 Å². The minimum atomic E-state index is -0.618. The third-order valence-corrected chi connectivity index (χ3v) is 7.77. The highest BCUT2D eigenvalue weighted by molar-refractivity contribution is 7.98. The number of rotatable bonds is 5. The van der Waals surface area contributed by atoms with Crippen LogP contribution in [-0.2, 0) is 6.42 Å². The van der Waals surface area contributed by atoms with Gasteiger partial charge in [-0.1, -0.05) is 30.4 Å². The summed E-state index contributed by atoms with van der Waals surface area (Å²) in [7, 11) is 0. The smallest absolute Gasteiger partial charge is 0.297 e. The average Bonchev–Trinajstić information content (AvgIpc) is 3.38. The van der Waals surface area contributed by atoms with E-state index in [0.29, 0.717) is 21.7 Å². The Bertz CT molecular complexity index is 1440. The van der Waals surface area contributed by atoms with Gasteiger partial charge in [0.15, 0.2) is 5.43 Å². The van der Waals surface area contributed by atoms with Crippen LogP contribution in [0.25, 0.3) is 11.0 Å². The van der Waals surface area contributed by atoms with Crippen LogP contribution in [0.5, 0.6) is 0 Å². The molecule has 0 spiro atoms. The molecule has 1 atom stereocenters. The van der Waals surface area contributed by atoms with Crippen LogP contribution in [-0.4, -0.2) is 22.4 Å². The summed E-state index contributed by atoms with van der Waals surface area (Å²) in [6.45, 7) is 6.00. The number of nitrogens with zero attached hydrogens (tertiary/aromatic N) is 3. The van der Waals surface area contributed by atoms with Gasteiger partial charge in [-0.05, 0) is 67.5 Å². The fourth-order valence-corrected chi connectivity index (χ4v) is 5.56. The first-order chi connectivity index (χ1) is 15.9. The van der Waals surface area contributed by atoms with E-state index in [1.54, 1.807) is 16.7 Å². The van der Waals surface area contributed by atoms with Crippen molar-refractivity contribution in [1.29, 1.82) is 0 Å². The number of thioether (sulfide) groups is 1. The first-order valence-corrected chi connectivity index (χ1v) is 12.8. The number of hydrogen-bond donors (Lipinski definition) is 0. The molecule has 1 aliphatic rings. The van der Waals surface area contributed by atoms with E-state index in [2.05, 4.69) is 17.1 Å². The Hall–Kier alpha value is -2.97. The number of carbonyl (C=O) groups is 1. The predicted molar refractivity (Wildman–Crippen MR) is 133 cm³/mol. The summed E-state index contributed by atoms with van der Waals surface area (Å²) >= 11 is 3.02. The summed E-state index contributed by atoms with van der Waals surface area (Å²) in [5, 5.41) is 10.4. The van der Waals surface area contributed by atoms with Crippen molar-refractivity contribution in [2.45, 2.75) is 44.6 Å². The molecule has 1 amide bonds. The van der Waals surface area contributed by atoms with Crippen molar-refractivity contribution in [3.8, 4) is 0 Å². The number of amides is 1. The molecule has 0 aliphatic carbocycles. The van der Waals surface area contributed by atoms with Crippen molar-refractivity contribution in [1.82, 2.24) is 10.2 Å². The topological polar surface area (TPSA) is 76.3 Å². The van der Waals surface area contributed by atoms with Crippen molar-refractivity contribution in [3.05, 3.63) is 79.6 Å². The normalized spacial score (nSPS) is 15.5. The van der Waals surface area contributed by atoms with Crippen LogP contribution in [0.4, 0.5) is 5.13 Å². The fourth-order valence-electron chi connectivity index (χ4n) is 4.18. The highest BCUT2D eigenvalue weighted by Gasteiger charge is 2.45. The van der Waals surface area contributed by atoms with Crippen LogP contribution >= 0.6 is 23.1 Å². The predicted octanol–water partition coefficient (Wildman–Crippen LogP) is 5.69. The van der Waals surface area contributed by atoms with Gasteiger partial charge in [0.25, 0.3) is 5.91 Å². The lowest BCUT2D eigenvalue weighted by atomic mass is 9.97. The molecule has 0 N–H and O–H groups in total. The molecule has 4 aromatic rings. The Kier molecular flexibility index (Phi) is 5.58. The highest BCUT2D eigenvalue weighted by Crippen LogP contribution is 2.42. The molecule has 2 aromatic carbocycles. The summed E-state index contributed by atoms with van der Waals surface area (Å²) in [6.07, 6.45) is 3.74. The monoisotopic (exact) mass is 477 g/mol. The molecule has 168 valence electrons. The number of anilines is 1. The van der Waals surface area contributed by atoms with Gasteiger partial charge < -0.3 is 4.42 Å². The third-order valence-electron chi connectivity index (χ3n) is 6.04. The van der Waals surface area contributed by atoms with Gasteiger partial charge in [0.05, 0.1) is 17.0 Å². The Labute approximate surface area is 199 Å². The Morgan fingerprint density at radius 3 is 2.52 bits per heavy atom. The molecule has 0 fully saturated rings. The minimum Gasteiger partial charge on any atom is -0.450 e. The Morgan fingerprint density at radius 2 is 1.82 bits per heavy atom. The molecule has 0 saturated heterocycles. The molecule has 1 aliphatic heterocycles. The maximum absolute atomic E-state index is 13.7. The molecule has 2 aromatic heterocycles. The van der Waals surface area contributed by atoms with Gasteiger partial charge in [-0.25, -0.2) is 0 Å². The van der Waals surface area contributed by atoms with Crippen LogP contribution < -0.4 is 10.3 Å². The Balaban J connectivity index is 1.76. The first kappa shape index (κ1) is 21.9. The molecule has 6 nitrogen and oxygen atoms in total. The van der Waals surface area contributed by atoms with Gasteiger partial charge in [-0.3, -0.25) is 14.5 Å². The summed E-state index contributed by atoms with van der Waals surface area (Å²) < 4.78 is 6.10. The van der Waals surface area contributed by atoms with Gasteiger partial charge in [0.1, 0.15) is 10.6 Å². The summed E-state index contributed by atoms with van der Waals surface area (Å²) in [6, 6.07) is 11.0. The van der Waals surface area contributed by atoms with E-state index in [1.165, 1.54) is 11.3 Å². The zero-order valence-corrected chi connectivity index (χ0v) is 20.5. The first-order valence-electron chi connectivity index (χ1n) is 10.8. The fraction of sp³-hybridized carbons (Fsp3) is 0.280. The van der Waals surface area contributed by atoms with Gasteiger partial charge >= 0.3 is 0 Å². The number of aryl methyl sites for hydroxylation is 3. The van der Waals surface area contributed by atoms with Crippen LogP contribution in [0.3, 0.4) is 0 Å². The molecule has 8 heteroatoms. The molecule has 3 heterocycles. The van der Waals surface area contributed by atoms with E-state index in [9.17, 15) is 9.59 Å². The van der Waals surface area contributed by atoms with E-state index in [1.807, 2.05) is 56.5 Å². The van der Waals surface area contributed by atoms with Crippen molar-refractivity contribution in [3.63, 3.8) is 0 Å². The second kappa shape index (κ2) is 8.43. The van der Waals surface area contributed by atoms with Crippen molar-refractivity contribution >= 4 is 45.1 Å². The molecule has 0 saturated carbocycles. The highest BCUT2D eigenvalue weighted by atomic mass is 32.2. The van der Waals surface area contributed by atoms with Crippen LogP contribution in [0, 0.1) is 13.8 Å². The van der Waals surface area contributed by atoms with Crippen molar-refractivity contribution in [2.75, 3.05) is 11.2 Å². The SMILES string of the molecule is CCCc1nnc(N2C(=O)c3oc4cc(C)c(C)cc4c(=O)c3C2c2ccc(SC)cc2)s1. The molecular formula is C25H23N3O3S2. The summed E-state index contributed by atoms with van der Waals surface area (Å²) in [5.74, 6) is -0.276. The van der Waals surface area contributed by atoms with Gasteiger partial charge in [0, 0.05) is 11.3 Å². The van der Waals surface area contributed by atoms with Crippen LogP contribution in [0.15, 0.2) is 50.5 Å². The zero-order valence-electron chi connectivity index (χ0n) is 18.8. The van der Waals surface area contributed by atoms with Gasteiger partial charge in [-0.2, -0.15) is 0 Å². The lowest BCUT2D eigenvalue weighted by molar-refractivity contribution is 0.0970. The maximum atomic E-state index is 13.7. The second-order valence-corrected chi connectivity index (χ2v) is 10.1. The average molecular weight is 478 g/mol. The quantitative estimate of drug-likeness (QED) is 0.344. The van der Waals surface area contributed by atoms with E-state index in [0.717, 1.165) is 39.4 Å². The largest absolute Gasteiger partial charge is 0.450 e. The lowest BCUT2D eigenvalue weighted by Crippen LogP contribution is -2.29. The molecule has 0 radical (unpaired) electrons. The standard InChI is InChI=1S/C25H23N3O3S2/c1-5-6-19-26-27-25(33-19)28-21(15-7-9-16(32-4)10-8-15)20-22(29)17-11-13(2)14(3)12-18(17)31-23(20)24(28)30/h7-12,21H,5-6H2,1-4H3. The number of benzene rings is 2. The van der Waals surface area contributed by atoms with Crippen molar-refractivity contribution in [2.24, 2.45) is 0 Å². The van der Waals surface area contributed by atoms with E-state index < -0.39 is 6.04 Å². The number of hydrogen-bond acceptors (Lipinski definition) is 7. The number of carbonyl (C=O) groups excluding carboxylic acids is 1.